The van der Waals surface area contributed by atoms with E-state index < -0.39 is 5.97 Å². The molecule has 0 bridgehead atoms. The second kappa shape index (κ2) is 15.1. The van der Waals surface area contributed by atoms with Gasteiger partial charge in [0.15, 0.2) is 11.7 Å². The zero-order valence-electron chi connectivity index (χ0n) is 24.9. The van der Waals surface area contributed by atoms with Crippen molar-refractivity contribution in [2.24, 2.45) is 10.7 Å². The molecule has 0 saturated carbocycles. The molecule has 0 unspecified atom stereocenters. The van der Waals surface area contributed by atoms with Crippen molar-refractivity contribution in [3.05, 3.63) is 89.0 Å². The molecule has 1 aliphatic rings. The molecule has 0 radical (unpaired) electrons. The van der Waals surface area contributed by atoms with Gasteiger partial charge in [0, 0.05) is 43.8 Å². The summed E-state index contributed by atoms with van der Waals surface area (Å²) in [4.78, 5) is 47.0. The van der Waals surface area contributed by atoms with Crippen LogP contribution in [0.1, 0.15) is 65.6 Å². The number of anilines is 1. The number of unbranched alkanes of at least 4 members (excludes halogenated alkanes) is 3. The summed E-state index contributed by atoms with van der Waals surface area (Å²) in [5.41, 5.74) is 10.6. The first-order chi connectivity index (χ1) is 20.8. The molecule has 0 aliphatic carbocycles. The van der Waals surface area contributed by atoms with Crippen LogP contribution in [0.15, 0.2) is 71.7 Å². The van der Waals surface area contributed by atoms with Crippen molar-refractivity contribution in [3.63, 3.8) is 0 Å². The summed E-state index contributed by atoms with van der Waals surface area (Å²) in [6.45, 7) is 4.70. The van der Waals surface area contributed by atoms with Crippen molar-refractivity contribution in [3.8, 4) is 5.75 Å². The lowest BCUT2D eigenvalue weighted by Crippen LogP contribution is -2.42. The average Bonchev–Trinajstić information content (AvgIpc) is 3.00. The smallest absolute Gasteiger partial charge is 0.331 e. The van der Waals surface area contributed by atoms with E-state index in [4.69, 9.17) is 15.6 Å². The number of rotatable bonds is 14. The number of ether oxygens (including phenoxy) is 1. The minimum absolute atomic E-state index is 0.0721. The largest absolute Gasteiger partial charge is 0.425 e. The lowest BCUT2D eigenvalue weighted by molar-refractivity contribution is -0.135. The normalized spacial score (nSPS) is 12.3. The van der Waals surface area contributed by atoms with Gasteiger partial charge in [-0.05, 0) is 73.7 Å². The molecule has 0 fully saturated rings. The van der Waals surface area contributed by atoms with Gasteiger partial charge in [0.1, 0.15) is 12.3 Å². The Balaban J connectivity index is 1.37. The number of amides is 1. The summed E-state index contributed by atoms with van der Waals surface area (Å²) in [7, 11) is 0. The summed E-state index contributed by atoms with van der Waals surface area (Å²) in [6, 6.07) is 20.4. The van der Waals surface area contributed by atoms with Crippen LogP contribution < -0.4 is 15.4 Å². The maximum Gasteiger partial charge on any atom is 0.331 e. The molecule has 3 N–H and O–H groups in total. The molecule has 0 spiro atoms. The highest BCUT2D eigenvalue weighted by Gasteiger charge is 2.23. The third kappa shape index (κ3) is 8.51. The second-order valence-electron chi connectivity index (χ2n) is 10.8. The van der Waals surface area contributed by atoms with E-state index in [1.165, 1.54) is 0 Å². The Morgan fingerprint density at radius 2 is 1.65 bits per heavy atom. The number of Topliss-reactive ketones (excluding diaryl/α,β-unsaturated/α-hetero) is 1. The number of para-hydroxylation sites is 2. The van der Waals surface area contributed by atoms with Crippen LogP contribution in [0, 0.1) is 13.8 Å². The lowest BCUT2D eigenvalue weighted by atomic mass is 10.0. The molecule has 43 heavy (non-hydrogen) atoms. The molecule has 3 aromatic rings. The van der Waals surface area contributed by atoms with E-state index in [2.05, 4.69) is 4.99 Å². The third-order valence-corrected chi connectivity index (χ3v) is 7.49. The van der Waals surface area contributed by atoms with Gasteiger partial charge in [-0.2, -0.15) is 0 Å². The van der Waals surface area contributed by atoms with Gasteiger partial charge < -0.3 is 25.4 Å². The molecule has 9 heteroatoms. The minimum Gasteiger partial charge on any atom is -0.425 e. The highest BCUT2D eigenvalue weighted by atomic mass is 16.5. The Labute approximate surface area is 253 Å². The first kappa shape index (κ1) is 31.4. The molecule has 3 aromatic carbocycles. The number of esters is 1. The number of aliphatic imine (C=N–C) groups is 1. The van der Waals surface area contributed by atoms with E-state index in [-0.39, 0.29) is 43.6 Å². The van der Waals surface area contributed by atoms with Crippen molar-refractivity contribution in [2.75, 3.05) is 24.6 Å². The molecule has 9 nitrogen and oxygen atoms in total. The number of benzene rings is 3. The number of hydrogen-bond donors (Lipinski definition) is 2. The van der Waals surface area contributed by atoms with Gasteiger partial charge in [0.25, 0.3) is 0 Å². The summed E-state index contributed by atoms with van der Waals surface area (Å²) in [5, 5.41) is 9.02. The molecule has 226 valence electrons. The third-order valence-electron chi connectivity index (χ3n) is 7.49. The predicted molar refractivity (Wildman–Crippen MR) is 168 cm³/mol. The molecule has 0 saturated heterocycles. The number of aryl methyl sites for hydroxylation is 2. The van der Waals surface area contributed by atoms with Crippen molar-refractivity contribution < 1.29 is 24.2 Å². The zero-order chi connectivity index (χ0) is 30.8. The van der Waals surface area contributed by atoms with E-state index in [1.54, 1.807) is 28.0 Å². The van der Waals surface area contributed by atoms with Crippen LogP contribution in [0.2, 0.25) is 0 Å². The summed E-state index contributed by atoms with van der Waals surface area (Å²) in [6.07, 6.45) is 3.55. The van der Waals surface area contributed by atoms with Crippen molar-refractivity contribution in [1.82, 2.24) is 4.90 Å². The number of ketones is 1. The van der Waals surface area contributed by atoms with Crippen molar-refractivity contribution >= 4 is 35.0 Å². The zero-order valence-corrected chi connectivity index (χ0v) is 24.9. The highest BCUT2D eigenvalue weighted by molar-refractivity contribution is 6.01. The van der Waals surface area contributed by atoms with Gasteiger partial charge in [-0.25, -0.2) is 9.79 Å². The standard InChI is InChI=1S/C34H40N4O5/c1-24-11-10-12-25(2)33(24)43-32(42)23-37-22-27-21-26(15-16-29(27)36-34(37)35)30(40)17-18-31(41)38(19-8-3-4-9-20-39)28-13-6-5-7-14-28/h5-7,10-16,21,39H,3-4,8-9,17-20,22-23H2,1-2H3,(H2,35,36). The number of guanidine groups is 1. The first-order valence-electron chi connectivity index (χ1n) is 14.7. The maximum atomic E-state index is 13.2. The SMILES string of the molecule is Cc1cccc(C)c1OC(=O)CN1Cc2cc(C(=O)CCC(=O)N(CCCCCCO)c3ccccc3)ccc2N=C1N. The molecule has 0 atom stereocenters. The number of nitrogens with zero attached hydrogens (tertiary/aromatic N) is 3. The Hall–Kier alpha value is -4.50. The topological polar surface area (TPSA) is 126 Å². The summed E-state index contributed by atoms with van der Waals surface area (Å²) in [5.74, 6) is 0.0331. The molecule has 4 rings (SSSR count). The molecule has 1 aliphatic heterocycles. The number of hydrogen-bond acceptors (Lipinski definition) is 8. The van der Waals surface area contributed by atoms with E-state index >= 15 is 0 Å². The van der Waals surface area contributed by atoms with Crippen LogP contribution in [-0.2, 0) is 16.1 Å². The van der Waals surface area contributed by atoms with Crippen LogP contribution in [0.25, 0.3) is 0 Å². The fourth-order valence-corrected chi connectivity index (χ4v) is 5.12. The monoisotopic (exact) mass is 584 g/mol. The molecular weight excluding hydrogens is 544 g/mol. The number of carbonyl (C=O) groups is 3. The fourth-order valence-electron chi connectivity index (χ4n) is 5.12. The number of aliphatic hydroxyl groups excluding tert-OH is 1. The van der Waals surface area contributed by atoms with E-state index in [9.17, 15) is 14.4 Å². The van der Waals surface area contributed by atoms with Gasteiger partial charge in [0.2, 0.25) is 5.91 Å². The summed E-state index contributed by atoms with van der Waals surface area (Å²) < 4.78 is 5.63. The summed E-state index contributed by atoms with van der Waals surface area (Å²) >= 11 is 0. The number of fused-ring (bicyclic) bond motifs is 1. The number of carbonyl (C=O) groups excluding carboxylic acids is 3. The Bertz CT molecular complexity index is 1450. The van der Waals surface area contributed by atoms with Crippen LogP contribution in [0.3, 0.4) is 0 Å². The maximum absolute atomic E-state index is 13.2. The highest BCUT2D eigenvalue weighted by Crippen LogP contribution is 2.28. The number of aliphatic hydroxyl groups is 1. The van der Waals surface area contributed by atoms with Crippen LogP contribution >= 0.6 is 0 Å². The van der Waals surface area contributed by atoms with Crippen LogP contribution in [-0.4, -0.2) is 53.3 Å². The van der Waals surface area contributed by atoms with E-state index in [0.29, 0.717) is 30.1 Å². The van der Waals surface area contributed by atoms with Crippen molar-refractivity contribution in [1.29, 1.82) is 0 Å². The quantitative estimate of drug-likeness (QED) is 0.115. The predicted octanol–water partition coefficient (Wildman–Crippen LogP) is 5.22. The van der Waals surface area contributed by atoms with Gasteiger partial charge in [-0.1, -0.05) is 49.2 Å². The van der Waals surface area contributed by atoms with Gasteiger partial charge in [0.05, 0.1) is 5.69 Å². The molecule has 1 heterocycles. The minimum atomic E-state index is -0.457. The molecule has 0 aromatic heterocycles. The average molecular weight is 585 g/mol. The van der Waals surface area contributed by atoms with Crippen LogP contribution in [0.5, 0.6) is 5.75 Å². The lowest BCUT2D eigenvalue weighted by Gasteiger charge is -2.27. The van der Waals surface area contributed by atoms with Gasteiger partial charge in [-0.15, -0.1) is 0 Å². The van der Waals surface area contributed by atoms with E-state index in [0.717, 1.165) is 48.1 Å². The fraction of sp³-hybridized carbons (Fsp3) is 0.353. The van der Waals surface area contributed by atoms with Crippen molar-refractivity contribution in [2.45, 2.75) is 58.9 Å². The molecule has 1 amide bonds. The van der Waals surface area contributed by atoms with E-state index in [1.807, 2.05) is 62.4 Å². The molecular formula is C34H40N4O5. The Morgan fingerprint density at radius 3 is 2.37 bits per heavy atom. The second-order valence-corrected chi connectivity index (χ2v) is 10.8. The van der Waals surface area contributed by atoms with Gasteiger partial charge >= 0.3 is 5.97 Å². The first-order valence-corrected chi connectivity index (χ1v) is 14.7. The Kier molecular flexibility index (Phi) is 11.0. The number of nitrogens with two attached hydrogens (primary N) is 1. The van der Waals surface area contributed by atoms with Crippen LogP contribution in [0.4, 0.5) is 11.4 Å². The Morgan fingerprint density at radius 1 is 0.930 bits per heavy atom. The van der Waals surface area contributed by atoms with Gasteiger partial charge in [-0.3, -0.25) is 9.59 Å².